The van der Waals surface area contributed by atoms with Crippen LogP contribution in [0.4, 0.5) is 11.4 Å². The summed E-state index contributed by atoms with van der Waals surface area (Å²) in [5.41, 5.74) is 13.8. The van der Waals surface area contributed by atoms with Crippen LogP contribution in [0.5, 0.6) is 11.5 Å². The molecule has 0 saturated carbocycles. The van der Waals surface area contributed by atoms with Crippen LogP contribution in [-0.2, 0) is 37.3 Å². The van der Waals surface area contributed by atoms with E-state index in [-0.39, 0.29) is 37.3 Å². The molecule has 0 N–H and O–H groups in total. The molecule has 3 heterocycles. The second-order valence-electron chi connectivity index (χ2n) is 21.1. The molecule has 346 valence electrons. The van der Waals surface area contributed by atoms with Gasteiger partial charge in [0.05, 0.1) is 0 Å². The summed E-state index contributed by atoms with van der Waals surface area (Å²) in [7, 11) is 0. The van der Waals surface area contributed by atoms with Crippen molar-refractivity contribution in [1.82, 2.24) is 9.55 Å². The van der Waals surface area contributed by atoms with Crippen molar-refractivity contribution in [3.05, 3.63) is 204 Å². The molecule has 0 aliphatic carbocycles. The Balaban J connectivity index is 0.00000608. The van der Waals surface area contributed by atoms with Gasteiger partial charge in [-0.2, -0.15) is 12.1 Å². The second kappa shape index (κ2) is 18.3. The monoisotopic (exact) mass is 1060 g/mol. The first-order chi connectivity index (χ1) is 31.4. The van der Waals surface area contributed by atoms with Crippen LogP contribution in [0, 0.1) is 18.8 Å². The Bertz CT molecular complexity index is 3050. The summed E-state index contributed by atoms with van der Waals surface area (Å²) in [6.07, 6.45) is 4.23. The van der Waals surface area contributed by atoms with Gasteiger partial charge in [0.2, 0.25) is 0 Å². The van der Waals surface area contributed by atoms with E-state index >= 15 is 0 Å². The molecular formula is C61H63N4OPt-3. The van der Waals surface area contributed by atoms with Crippen molar-refractivity contribution in [2.75, 3.05) is 9.80 Å². The maximum absolute atomic E-state index is 6.77. The van der Waals surface area contributed by atoms with Crippen LogP contribution < -0.4 is 14.5 Å². The molecule has 0 saturated heterocycles. The van der Waals surface area contributed by atoms with Crippen LogP contribution in [0.1, 0.15) is 134 Å². The molecule has 0 spiro atoms. The fourth-order valence-corrected chi connectivity index (χ4v) is 9.28. The molecule has 9 rings (SSSR count). The van der Waals surface area contributed by atoms with Crippen molar-refractivity contribution in [2.45, 2.75) is 111 Å². The number of hydrogen-bond donors (Lipinski definition) is 0. The molecule has 6 heteroatoms. The first-order valence-electron chi connectivity index (χ1n) is 23.5. The van der Waals surface area contributed by atoms with Crippen LogP contribution in [0.15, 0.2) is 146 Å². The first kappa shape index (κ1) is 47.6. The molecule has 0 fully saturated rings. The average Bonchev–Trinajstić information content (AvgIpc) is 3.88. The summed E-state index contributed by atoms with van der Waals surface area (Å²) in [5.74, 6) is 2.68. The van der Waals surface area contributed by atoms with Gasteiger partial charge in [-0.25, -0.2) is 4.98 Å². The van der Waals surface area contributed by atoms with E-state index in [1.807, 2.05) is 18.3 Å². The number of aromatic nitrogens is 2. The second-order valence-corrected chi connectivity index (χ2v) is 21.1. The topological polar surface area (TPSA) is 33.5 Å². The Kier molecular flexibility index (Phi) is 13.0. The Morgan fingerprint density at radius 1 is 0.582 bits per heavy atom. The van der Waals surface area contributed by atoms with Crippen molar-refractivity contribution in [3.8, 4) is 17.3 Å². The van der Waals surface area contributed by atoms with Crippen molar-refractivity contribution >= 4 is 38.9 Å². The Morgan fingerprint density at radius 3 is 1.87 bits per heavy atom. The molecule has 1 aliphatic rings. The zero-order valence-electron chi connectivity index (χ0n) is 41.1. The van der Waals surface area contributed by atoms with Crippen LogP contribution in [0.3, 0.4) is 0 Å². The standard InChI is InChI=1S/C61H63N4O.Pt/c1-40(2)50-25-19-26-51(41(3)4)58(50)56-38-63(47-33-44(59(5,6)7)32-45(34-47)60(8,9)10)39-64(56)46-22-18-23-48(36-46)66-49-28-29-53-52-24-16-17-27-54(52)65(55(53)37-49)57-35-43(30-31-62-57)61(11,12)42-20-14-13-15-21-42;/h13-35,38-41H,1-12H3;/q-3;. The number of nitrogens with zero attached hydrogens (tertiary/aromatic N) is 4. The predicted octanol–water partition coefficient (Wildman–Crippen LogP) is 16.2. The van der Waals surface area contributed by atoms with Crippen molar-refractivity contribution < 1.29 is 25.8 Å². The number of para-hydroxylation sites is 1. The minimum absolute atomic E-state index is 0. The van der Waals surface area contributed by atoms with Gasteiger partial charge >= 0.3 is 0 Å². The normalized spacial score (nSPS) is 13.5. The number of hydrogen-bond acceptors (Lipinski definition) is 4. The Labute approximate surface area is 413 Å². The molecule has 0 bridgehead atoms. The zero-order chi connectivity index (χ0) is 46.7. The van der Waals surface area contributed by atoms with Gasteiger partial charge in [0.15, 0.2) is 0 Å². The largest absolute Gasteiger partial charge is 0.509 e. The molecule has 0 atom stereocenters. The van der Waals surface area contributed by atoms with E-state index in [2.05, 4.69) is 244 Å². The maximum Gasteiger partial charge on any atom is 0.135 e. The minimum Gasteiger partial charge on any atom is -0.509 e. The summed E-state index contributed by atoms with van der Waals surface area (Å²) in [6.45, 7) is 29.7. The van der Waals surface area contributed by atoms with Crippen LogP contribution in [0.25, 0.3) is 33.3 Å². The summed E-state index contributed by atoms with van der Waals surface area (Å²) in [6, 6.07) is 55.1. The molecule has 0 amide bonds. The fourth-order valence-electron chi connectivity index (χ4n) is 9.28. The minimum atomic E-state index is -0.228. The molecule has 0 radical (unpaired) electrons. The number of pyridine rings is 1. The van der Waals surface area contributed by atoms with Gasteiger partial charge in [0, 0.05) is 66.6 Å². The van der Waals surface area contributed by atoms with Gasteiger partial charge in [0.1, 0.15) is 5.82 Å². The zero-order valence-corrected chi connectivity index (χ0v) is 43.4. The SMILES string of the molecule is CC(C)c1cccc(C(C)C)c1C1=CN(c2cc(C(C)(C)C)cc(C(C)(C)C)c2)[CH-]N1c1[c-]c(Oc2[c-]c3c(cc2)c2ccccc2n3-c2cc(C(C)(C)c3ccccc3)ccn2)ccc1.[Pt]. The molecule has 67 heavy (non-hydrogen) atoms. The number of fused-ring (bicyclic) bond motifs is 3. The smallest absolute Gasteiger partial charge is 0.135 e. The van der Waals surface area contributed by atoms with E-state index in [9.17, 15) is 0 Å². The maximum atomic E-state index is 6.77. The van der Waals surface area contributed by atoms with Gasteiger partial charge in [-0.05, 0) is 98.0 Å². The van der Waals surface area contributed by atoms with Crippen molar-refractivity contribution in [1.29, 1.82) is 0 Å². The van der Waals surface area contributed by atoms with E-state index in [1.165, 1.54) is 38.9 Å². The molecule has 1 aliphatic heterocycles. The molecule has 6 aromatic carbocycles. The molecule has 2 aromatic heterocycles. The summed E-state index contributed by atoms with van der Waals surface area (Å²) >= 11 is 0. The third kappa shape index (κ3) is 9.25. The molecular weight excluding hydrogens is 1000 g/mol. The molecule has 8 aromatic rings. The van der Waals surface area contributed by atoms with Crippen molar-refractivity contribution in [2.24, 2.45) is 0 Å². The Hall–Kier alpha value is -5.90. The van der Waals surface area contributed by atoms with Crippen LogP contribution >= 0.6 is 0 Å². The third-order valence-corrected chi connectivity index (χ3v) is 13.3. The van der Waals surface area contributed by atoms with Gasteiger partial charge < -0.3 is 19.1 Å². The van der Waals surface area contributed by atoms with Crippen LogP contribution in [0.2, 0.25) is 0 Å². The number of anilines is 2. The quantitative estimate of drug-likeness (QED) is 0.128. The summed E-state index contributed by atoms with van der Waals surface area (Å²) in [4.78, 5) is 9.55. The number of ether oxygens (including phenoxy) is 1. The van der Waals surface area contributed by atoms with Gasteiger partial charge in [-0.15, -0.1) is 48.1 Å². The van der Waals surface area contributed by atoms with E-state index in [1.54, 1.807) is 0 Å². The fraction of sp³-hybridized carbons (Fsp3) is 0.279. The van der Waals surface area contributed by atoms with Gasteiger partial charge in [-0.3, -0.25) is 0 Å². The van der Waals surface area contributed by atoms with E-state index in [4.69, 9.17) is 9.72 Å². The van der Waals surface area contributed by atoms with E-state index < -0.39 is 0 Å². The average molecular weight is 1060 g/mol. The number of rotatable bonds is 10. The summed E-state index contributed by atoms with van der Waals surface area (Å²) < 4.78 is 8.99. The van der Waals surface area contributed by atoms with Gasteiger partial charge in [0.25, 0.3) is 0 Å². The molecule has 5 nitrogen and oxygen atoms in total. The van der Waals surface area contributed by atoms with Gasteiger partial charge in [-0.1, -0.05) is 161 Å². The van der Waals surface area contributed by atoms with Crippen molar-refractivity contribution in [3.63, 3.8) is 0 Å². The van der Waals surface area contributed by atoms with E-state index in [0.717, 1.165) is 44.7 Å². The predicted molar refractivity (Wildman–Crippen MR) is 277 cm³/mol. The van der Waals surface area contributed by atoms with E-state index in [0.29, 0.717) is 23.3 Å². The third-order valence-electron chi connectivity index (χ3n) is 13.3. The first-order valence-corrected chi connectivity index (χ1v) is 23.5. The number of benzene rings is 6. The van der Waals surface area contributed by atoms with Crippen LogP contribution in [-0.4, -0.2) is 9.55 Å². The summed E-state index contributed by atoms with van der Waals surface area (Å²) in [5, 5.41) is 2.22. The molecule has 0 unspecified atom stereocenters. The Morgan fingerprint density at radius 2 is 1.21 bits per heavy atom.